The SMILES string of the molecule is C=CC(=O)N[C@H]1CCCN(S(=O)(=O)c2ccc(-c3cc(C(F)(F)F)on3)s2)C1. The van der Waals surface area contributed by atoms with Crippen molar-refractivity contribution < 1.29 is 30.9 Å². The van der Waals surface area contributed by atoms with Gasteiger partial charge in [0.05, 0.1) is 4.88 Å². The van der Waals surface area contributed by atoms with Crippen LogP contribution in [0, 0.1) is 0 Å². The molecule has 1 amide bonds. The van der Waals surface area contributed by atoms with Crippen LogP contribution in [0.1, 0.15) is 18.6 Å². The van der Waals surface area contributed by atoms with Gasteiger partial charge >= 0.3 is 6.18 Å². The van der Waals surface area contributed by atoms with Crippen molar-refractivity contribution in [1.29, 1.82) is 0 Å². The maximum Gasteiger partial charge on any atom is 0.452 e. The lowest BCUT2D eigenvalue weighted by Crippen LogP contribution is -2.49. The highest BCUT2D eigenvalue weighted by atomic mass is 32.2. The Kier molecular flexibility index (Phi) is 5.64. The molecule has 152 valence electrons. The number of thiophene rings is 1. The summed E-state index contributed by atoms with van der Waals surface area (Å²) in [5.74, 6) is -1.63. The number of sulfonamides is 1. The molecule has 1 N–H and O–H groups in total. The number of alkyl halides is 3. The number of hydrogen-bond donors (Lipinski definition) is 1. The summed E-state index contributed by atoms with van der Waals surface area (Å²) in [6, 6.07) is 3.10. The predicted molar refractivity (Wildman–Crippen MR) is 94.9 cm³/mol. The fraction of sp³-hybridized carbons (Fsp3) is 0.375. The molecular weight excluding hydrogens is 419 g/mol. The molecule has 0 bridgehead atoms. The molecule has 1 fully saturated rings. The fourth-order valence-electron chi connectivity index (χ4n) is 2.79. The van der Waals surface area contributed by atoms with E-state index in [1.165, 1.54) is 16.4 Å². The Morgan fingerprint density at radius 3 is 2.82 bits per heavy atom. The normalized spacial score (nSPS) is 18.8. The summed E-state index contributed by atoms with van der Waals surface area (Å²) < 4.78 is 69.2. The molecule has 1 saturated heterocycles. The average Bonchev–Trinajstić information content (AvgIpc) is 3.31. The first-order chi connectivity index (χ1) is 13.1. The smallest absolute Gasteiger partial charge is 0.351 e. The summed E-state index contributed by atoms with van der Waals surface area (Å²) in [4.78, 5) is 11.7. The lowest BCUT2D eigenvalue weighted by molar-refractivity contribution is -0.155. The molecule has 0 radical (unpaired) electrons. The molecular formula is C16H16F3N3O4S2. The third-order valence-electron chi connectivity index (χ3n) is 4.13. The van der Waals surface area contributed by atoms with Crippen LogP contribution in [0.3, 0.4) is 0 Å². The van der Waals surface area contributed by atoms with Crippen molar-refractivity contribution in [2.45, 2.75) is 29.3 Å². The van der Waals surface area contributed by atoms with E-state index in [4.69, 9.17) is 0 Å². The van der Waals surface area contributed by atoms with E-state index in [2.05, 4.69) is 21.6 Å². The van der Waals surface area contributed by atoms with Crippen LogP contribution >= 0.6 is 11.3 Å². The summed E-state index contributed by atoms with van der Waals surface area (Å²) in [6.45, 7) is 3.76. The number of nitrogens with one attached hydrogen (secondary N) is 1. The molecule has 0 aliphatic carbocycles. The molecule has 0 unspecified atom stereocenters. The van der Waals surface area contributed by atoms with Crippen LogP contribution in [-0.4, -0.2) is 42.9 Å². The van der Waals surface area contributed by atoms with E-state index in [9.17, 15) is 26.4 Å². The van der Waals surface area contributed by atoms with E-state index in [0.29, 0.717) is 12.8 Å². The second-order valence-electron chi connectivity index (χ2n) is 6.11. The predicted octanol–water partition coefficient (Wildman–Crippen LogP) is 2.88. The Labute approximate surface area is 162 Å². The summed E-state index contributed by atoms with van der Waals surface area (Å²) in [5, 5.41) is 6.05. The van der Waals surface area contributed by atoms with Gasteiger partial charge in [0.2, 0.25) is 11.7 Å². The van der Waals surface area contributed by atoms with Gasteiger partial charge in [0.25, 0.3) is 10.0 Å². The minimum Gasteiger partial charge on any atom is -0.351 e. The molecule has 0 spiro atoms. The van der Waals surface area contributed by atoms with E-state index >= 15 is 0 Å². The van der Waals surface area contributed by atoms with Gasteiger partial charge in [-0.15, -0.1) is 11.3 Å². The van der Waals surface area contributed by atoms with Crippen molar-refractivity contribution in [2.75, 3.05) is 13.1 Å². The van der Waals surface area contributed by atoms with Gasteiger partial charge in [-0.1, -0.05) is 11.7 Å². The van der Waals surface area contributed by atoms with Crippen molar-refractivity contribution >= 4 is 27.3 Å². The van der Waals surface area contributed by atoms with E-state index < -0.39 is 22.0 Å². The maximum atomic E-state index is 12.9. The quantitative estimate of drug-likeness (QED) is 0.729. The van der Waals surface area contributed by atoms with Crippen molar-refractivity contribution in [2.24, 2.45) is 0 Å². The number of amides is 1. The highest BCUT2D eigenvalue weighted by Gasteiger charge is 2.37. The molecule has 12 heteroatoms. The van der Waals surface area contributed by atoms with Crippen molar-refractivity contribution in [3.05, 3.63) is 36.6 Å². The Bertz CT molecular complexity index is 981. The second-order valence-corrected chi connectivity index (χ2v) is 9.36. The first-order valence-electron chi connectivity index (χ1n) is 8.18. The van der Waals surface area contributed by atoms with E-state index in [-0.39, 0.29) is 39.8 Å². The number of carbonyl (C=O) groups is 1. The van der Waals surface area contributed by atoms with Gasteiger partial charge < -0.3 is 9.84 Å². The summed E-state index contributed by atoms with van der Waals surface area (Å²) in [5.41, 5.74) is -0.0893. The maximum absolute atomic E-state index is 12.9. The molecule has 28 heavy (non-hydrogen) atoms. The molecule has 2 aromatic rings. The minimum atomic E-state index is -4.67. The zero-order valence-electron chi connectivity index (χ0n) is 14.4. The van der Waals surface area contributed by atoms with Gasteiger partial charge in [-0.25, -0.2) is 8.42 Å². The first kappa shape index (κ1) is 20.6. The number of hydrogen-bond acceptors (Lipinski definition) is 6. The van der Waals surface area contributed by atoms with Gasteiger partial charge in [-0.2, -0.15) is 17.5 Å². The lowest BCUT2D eigenvalue weighted by atomic mass is 10.1. The van der Waals surface area contributed by atoms with Crippen LogP contribution in [0.5, 0.6) is 0 Å². The van der Waals surface area contributed by atoms with Crippen LogP contribution in [-0.2, 0) is 21.0 Å². The molecule has 1 atom stereocenters. The van der Waals surface area contributed by atoms with Crippen LogP contribution in [0.25, 0.3) is 10.6 Å². The Hall–Kier alpha value is -2.18. The van der Waals surface area contributed by atoms with Crippen molar-refractivity contribution in [3.63, 3.8) is 0 Å². The highest BCUT2D eigenvalue weighted by Crippen LogP contribution is 2.36. The molecule has 7 nitrogen and oxygen atoms in total. The largest absolute Gasteiger partial charge is 0.452 e. The number of piperidine rings is 1. The molecule has 2 aromatic heterocycles. The van der Waals surface area contributed by atoms with E-state index in [1.54, 1.807) is 0 Å². The van der Waals surface area contributed by atoms with Gasteiger partial charge in [-0.05, 0) is 31.1 Å². The first-order valence-corrected chi connectivity index (χ1v) is 10.4. The zero-order chi connectivity index (χ0) is 20.5. The number of carbonyl (C=O) groups excluding carboxylic acids is 1. The number of aromatic nitrogens is 1. The topological polar surface area (TPSA) is 92.5 Å². The van der Waals surface area contributed by atoms with Crippen molar-refractivity contribution in [3.8, 4) is 10.6 Å². The van der Waals surface area contributed by atoms with E-state index in [0.717, 1.165) is 23.5 Å². The molecule has 1 aliphatic heterocycles. The van der Waals surface area contributed by atoms with Gasteiger partial charge in [0.15, 0.2) is 0 Å². The Balaban J connectivity index is 1.78. The standard InChI is InChI=1S/C16H16F3N3O4S2/c1-2-14(23)20-10-4-3-7-22(9-10)28(24,25)15-6-5-12(27-15)11-8-13(26-21-11)16(17,18)19/h2,5-6,8,10H,1,3-4,7,9H2,(H,20,23)/t10-/m0/s1. The molecule has 1 aliphatic rings. The van der Waals surface area contributed by atoms with Gasteiger partial charge in [0.1, 0.15) is 9.90 Å². The monoisotopic (exact) mass is 435 g/mol. The van der Waals surface area contributed by atoms with Crippen LogP contribution in [0.2, 0.25) is 0 Å². The Morgan fingerprint density at radius 2 is 2.18 bits per heavy atom. The average molecular weight is 435 g/mol. The van der Waals surface area contributed by atoms with Crippen LogP contribution in [0.4, 0.5) is 13.2 Å². The highest BCUT2D eigenvalue weighted by molar-refractivity contribution is 7.91. The molecule has 0 aromatic carbocycles. The Morgan fingerprint density at radius 1 is 1.43 bits per heavy atom. The second kappa shape index (κ2) is 7.68. The number of rotatable bonds is 5. The molecule has 3 rings (SSSR count). The van der Waals surface area contributed by atoms with E-state index in [1.807, 2.05) is 0 Å². The number of nitrogens with zero attached hydrogens (tertiary/aromatic N) is 2. The summed E-state index contributed by atoms with van der Waals surface area (Å²) in [7, 11) is -3.85. The minimum absolute atomic E-state index is 0.0187. The summed E-state index contributed by atoms with van der Waals surface area (Å²) >= 11 is 0.807. The zero-order valence-corrected chi connectivity index (χ0v) is 16.0. The molecule has 3 heterocycles. The number of halogens is 3. The third kappa shape index (κ3) is 4.28. The van der Waals surface area contributed by atoms with Crippen molar-refractivity contribution in [1.82, 2.24) is 14.8 Å². The van der Waals surface area contributed by atoms with Crippen LogP contribution in [0.15, 0.2) is 39.6 Å². The van der Waals surface area contributed by atoms with Crippen LogP contribution < -0.4 is 5.32 Å². The third-order valence-corrected chi connectivity index (χ3v) is 7.57. The lowest BCUT2D eigenvalue weighted by Gasteiger charge is -2.31. The van der Waals surface area contributed by atoms with Gasteiger partial charge in [0, 0.05) is 25.2 Å². The fourth-order valence-corrected chi connectivity index (χ4v) is 5.72. The van der Waals surface area contributed by atoms with Gasteiger partial charge in [-0.3, -0.25) is 4.79 Å². The molecule has 0 saturated carbocycles. The summed E-state index contributed by atoms with van der Waals surface area (Å²) in [6.07, 6.45) is -2.35.